The van der Waals surface area contributed by atoms with Crippen molar-refractivity contribution in [3.8, 4) is 0 Å². The minimum absolute atomic E-state index is 0.0738. The first-order chi connectivity index (χ1) is 11.5. The second-order valence-electron chi connectivity index (χ2n) is 5.71. The summed E-state index contributed by atoms with van der Waals surface area (Å²) in [5, 5.41) is 6.18. The Morgan fingerprint density at radius 1 is 1.21 bits per heavy atom. The fourth-order valence-corrected chi connectivity index (χ4v) is 3.35. The van der Waals surface area contributed by atoms with Crippen molar-refractivity contribution in [1.29, 1.82) is 0 Å². The van der Waals surface area contributed by atoms with E-state index in [9.17, 15) is 9.59 Å². The normalized spacial score (nSPS) is 16.8. The fourth-order valence-electron chi connectivity index (χ4n) is 2.49. The molecule has 2 N–H and O–H groups in total. The molecule has 7 heteroatoms. The Morgan fingerprint density at radius 2 is 1.88 bits per heavy atom. The average molecular weight is 342 g/mol. The largest absolute Gasteiger partial charge is 0.344 e. The fraction of sp³-hybridized carbons (Fsp3) is 0.294. The first-order valence-electron chi connectivity index (χ1n) is 7.70. The van der Waals surface area contributed by atoms with Crippen LogP contribution in [0.15, 0.2) is 40.4 Å². The van der Waals surface area contributed by atoms with Crippen LogP contribution in [0, 0.1) is 13.8 Å². The van der Waals surface area contributed by atoms with Gasteiger partial charge in [0.2, 0.25) is 11.8 Å². The molecule has 6 nitrogen and oxygen atoms in total. The van der Waals surface area contributed by atoms with Gasteiger partial charge < -0.3 is 10.6 Å². The van der Waals surface area contributed by atoms with Crippen LogP contribution in [0.1, 0.15) is 24.2 Å². The van der Waals surface area contributed by atoms with E-state index in [2.05, 4.69) is 20.6 Å². The third kappa shape index (κ3) is 4.11. The summed E-state index contributed by atoms with van der Waals surface area (Å²) in [5.41, 5.74) is 2.58. The molecule has 2 heterocycles. The predicted molar refractivity (Wildman–Crippen MR) is 91.9 cm³/mol. The van der Waals surface area contributed by atoms with Gasteiger partial charge in [-0.05, 0) is 62.4 Å². The molecule has 0 aliphatic carbocycles. The Hall–Kier alpha value is -2.41. The zero-order valence-electron chi connectivity index (χ0n) is 13.5. The lowest BCUT2D eigenvalue weighted by Gasteiger charge is -2.11. The summed E-state index contributed by atoms with van der Waals surface area (Å²) >= 11 is 1.48. The molecule has 0 unspecified atom stereocenters. The van der Waals surface area contributed by atoms with Crippen molar-refractivity contribution in [2.24, 2.45) is 0 Å². The number of rotatable bonds is 4. The third-order valence-electron chi connectivity index (χ3n) is 3.60. The molecule has 1 aliphatic rings. The number of carbonyl (C=O) groups excluding carboxylic acids is 2. The molecule has 1 aromatic heterocycles. The van der Waals surface area contributed by atoms with E-state index < -0.39 is 6.04 Å². The van der Waals surface area contributed by atoms with Crippen LogP contribution in [0.2, 0.25) is 0 Å². The smallest absolute Gasteiger partial charge is 0.246 e. The average Bonchev–Trinajstić information content (AvgIpc) is 2.95. The highest BCUT2D eigenvalue weighted by molar-refractivity contribution is 7.99. The van der Waals surface area contributed by atoms with Crippen LogP contribution < -0.4 is 10.6 Å². The van der Waals surface area contributed by atoms with Crippen molar-refractivity contribution in [3.63, 3.8) is 0 Å². The second kappa shape index (κ2) is 7.00. The predicted octanol–water partition coefficient (Wildman–Crippen LogP) is 2.46. The molecule has 0 saturated carbocycles. The standard InChI is InChI=1S/C17H18N4O2S/c1-10-9-11(2)19-17(18-10)24-13-5-3-12(4-6-13)20-16(23)14-7-8-15(22)21-14/h3-6,9,14H,7-8H2,1-2H3,(H,20,23)(H,21,22)/t14-/m1/s1. The van der Waals surface area contributed by atoms with Gasteiger partial charge in [0.05, 0.1) is 0 Å². The number of hydrogen-bond acceptors (Lipinski definition) is 5. The van der Waals surface area contributed by atoms with E-state index in [-0.39, 0.29) is 11.8 Å². The molecule has 1 saturated heterocycles. The van der Waals surface area contributed by atoms with E-state index in [0.717, 1.165) is 16.3 Å². The maximum Gasteiger partial charge on any atom is 0.246 e. The van der Waals surface area contributed by atoms with Crippen LogP contribution in [-0.4, -0.2) is 27.8 Å². The van der Waals surface area contributed by atoms with E-state index in [1.807, 2.05) is 44.2 Å². The lowest BCUT2D eigenvalue weighted by Crippen LogP contribution is -2.37. The van der Waals surface area contributed by atoms with Gasteiger partial charge in [-0.1, -0.05) is 0 Å². The van der Waals surface area contributed by atoms with E-state index in [0.29, 0.717) is 23.7 Å². The lowest BCUT2D eigenvalue weighted by atomic mass is 10.2. The Bertz CT molecular complexity index is 756. The Morgan fingerprint density at radius 3 is 2.46 bits per heavy atom. The van der Waals surface area contributed by atoms with Crippen LogP contribution >= 0.6 is 11.8 Å². The number of aromatic nitrogens is 2. The monoisotopic (exact) mass is 342 g/mol. The van der Waals surface area contributed by atoms with E-state index >= 15 is 0 Å². The molecule has 0 spiro atoms. The number of hydrogen-bond donors (Lipinski definition) is 2. The van der Waals surface area contributed by atoms with E-state index in [1.165, 1.54) is 11.8 Å². The molecule has 2 aromatic rings. The molecular weight excluding hydrogens is 324 g/mol. The molecule has 0 radical (unpaired) electrons. The van der Waals surface area contributed by atoms with Crippen molar-refractivity contribution in [1.82, 2.24) is 15.3 Å². The van der Waals surface area contributed by atoms with Crippen molar-refractivity contribution >= 4 is 29.3 Å². The molecule has 124 valence electrons. The molecule has 1 aliphatic heterocycles. The molecule has 0 bridgehead atoms. The van der Waals surface area contributed by atoms with Crippen LogP contribution in [0.25, 0.3) is 0 Å². The van der Waals surface area contributed by atoms with Gasteiger partial charge in [-0.3, -0.25) is 9.59 Å². The Balaban J connectivity index is 1.62. The molecule has 3 rings (SSSR count). The molecule has 2 amide bonds. The van der Waals surface area contributed by atoms with Gasteiger partial charge in [0, 0.05) is 28.4 Å². The van der Waals surface area contributed by atoms with Crippen molar-refractivity contribution in [2.45, 2.75) is 42.8 Å². The van der Waals surface area contributed by atoms with Crippen molar-refractivity contribution in [2.75, 3.05) is 5.32 Å². The number of amides is 2. The van der Waals surface area contributed by atoms with Crippen LogP contribution in [-0.2, 0) is 9.59 Å². The van der Waals surface area contributed by atoms with Gasteiger partial charge in [-0.2, -0.15) is 0 Å². The van der Waals surface area contributed by atoms with Crippen molar-refractivity contribution in [3.05, 3.63) is 41.7 Å². The number of carbonyl (C=O) groups is 2. The molecular formula is C17H18N4O2S. The molecule has 1 fully saturated rings. The topological polar surface area (TPSA) is 84.0 Å². The zero-order valence-corrected chi connectivity index (χ0v) is 14.3. The summed E-state index contributed by atoms with van der Waals surface area (Å²) in [4.78, 5) is 33.0. The Labute approximate surface area is 144 Å². The highest BCUT2D eigenvalue weighted by Crippen LogP contribution is 2.26. The van der Waals surface area contributed by atoms with E-state index in [1.54, 1.807) is 0 Å². The van der Waals surface area contributed by atoms with Gasteiger partial charge in [-0.15, -0.1) is 0 Å². The summed E-state index contributed by atoms with van der Waals surface area (Å²) in [6.07, 6.45) is 0.951. The van der Waals surface area contributed by atoms with E-state index in [4.69, 9.17) is 0 Å². The molecule has 24 heavy (non-hydrogen) atoms. The highest BCUT2D eigenvalue weighted by Gasteiger charge is 2.27. The van der Waals surface area contributed by atoms with Gasteiger partial charge in [0.25, 0.3) is 0 Å². The van der Waals surface area contributed by atoms with Crippen LogP contribution in [0.4, 0.5) is 5.69 Å². The molecule has 1 atom stereocenters. The maximum absolute atomic E-state index is 12.1. The zero-order chi connectivity index (χ0) is 17.1. The highest BCUT2D eigenvalue weighted by atomic mass is 32.2. The summed E-state index contributed by atoms with van der Waals surface area (Å²) in [6, 6.07) is 8.99. The van der Waals surface area contributed by atoms with Crippen LogP contribution in [0.5, 0.6) is 0 Å². The Kier molecular flexibility index (Phi) is 4.80. The first-order valence-corrected chi connectivity index (χ1v) is 8.52. The van der Waals surface area contributed by atoms with Gasteiger partial charge in [0.1, 0.15) is 6.04 Å². The number of benzene rings is 1. The summed E-state index contributed by atoms with van der Waals surface area (Å²) in [5.74, 6) is -0.255. The summed E-state index contributed by atoms with van der Waals surface area (Å²) in [6.45, 7) is 3.89. The third-order valence-corrected chi connectivity index (χ3v) is 4.48. The number of nitrogens with zero attached hydrogens (tertiary/aromatic N) is 2. The SMILES string of the molecule is Cc1cc(C)nc(Sc2ccc(NC(=O)[C@H]3CCC(=O)N3)cc2)n1. The first kappa shape index (κ1) is 16.4. The number of anilines is 1. The van der Waals surface area contributed by atoms with Gasteiger partial charge in [-0.25, -0.2) is 9.97 Å². The lowest BCUT2D eigenvalue weighted by molar-refractivity contribution is -0.122. The minimum Gasteiger partial charge on any atom is -0.344 e. The number of nitrogens with one attached hydrogen (secondary N) is 2. The second-order valence-corrected chi connectivity index (χ2v) is 6.75. The van der Waals surface area contributed by atoms with Crippen LogP contribution in [0.3, 0.4) is 0 Å². The van der Waals surface area contributed by atoms with Crippen molar-refractivity contribution < 1.29 is 9.59 Å². The van der Waals surface area contributed by atoms with Gasteiger partial charge in [0.15, 0.2) is 5.16 Å². The molecule has 1 aromatic carbocycles. The summed E-state index contributed by atoms with van der Waals surface area (Å²) in [7, 11) is 0. The number of aryl methyl sites for hydroxylation is 2. The maximum atomic E-state index is 12.1. The minimum atomic E-state index is -0.435. The summed E-state index contributed by atoms with van der Waals surface area (Å²) < 4.78 is 0. The van der Waals surface area contributed by atoms with Gasteiger partial charge >= 0.3 is 0 Å². The quantitative estimate of drug-likeness (QED) is 0.834.